The van der Waals surface area contributed by atoms with Crippen molar-refractivity contribution in [3.63, 3.8) is 0 Å². The number of carbonyl (C=O) groups excluding carboxylic acids is 1. The van der Waals surface area contributed by atoms with Crippen LogP contribution in [0.2, 0.25) is 0 Å². The lowest BCUT2D eigenvalue weighted by molar-refractivity contribution is -0.115. The van der Waals surface area contributed by atoms with Gasteiger partial charge in [0, 0.05) is 11.4 Å². The van der Waals surface area contributed by atoms with E-state index in [2.05, 4.69) is 32.2 Å². The van der Waals surface area contributed by atoms with Crippen LogP contribution in [0.1, 0.15) is 62.1 Å². The number of nitrogens with one attached hydrogen (secondary N) is 1. The van der Waals surface area contributed by atoms with Gasteiger partial charge in [-0.15, -0.1) is 0 Å². The molecule has 0 spiro atoms. The van der Waals surface area contributed by atoms with Gasteiger partial charge in [-0.25, -0.2) is 4.98 Å². The van der Waals surface area contributed by atoms with Gasteiger partial charge in [0.15, 0.2) is 0 Å². The minimum atomic E-state index is -0.353. The van der Waals surface area contributed by atoms with Crippen LogP contribution in [0.25, 0.3) is 0 Å². The van der Waals surface area contributed by atoms with Gasteiger partial charge in [0.05, 0.1) is 10.8 Å². The third-order valence-corrected chi connectivity index (χ3v) is 7.11. The highest BCUT2D eigenvalue weighted by atomic mass is 32.2. The molecule has 1 heterocycles. The third kappa shape index (κ3) is 5.05. The Kier molecular flexibility index (Phi) is 6.57. The zero-order valence-electron chi connectivity index (χ0n) is 18.8. The molecule has 2 unspecified atom stereocenters. The highest BCUT2D eigenvalue weighted by Gasteiger charge is 2.30. The molecule has 1 aliphatic carbocycles. The normalized spacial score (nSPS) is 17.0. The van der Waals surface area contributed by atoms with E-state index in [4.69, 9.17) is 4.98 Å². The summed E-state index contributed by atoms with van der Waals surface area (Å²) in [6.45, 7) is 12.7. The molecular formula is C25H31N3OS. The average molecular weight is 422 g/mol. The molecule has 1 aliphatic rings. The number of rotatable bonds is 4. The van der Waals surface area contributed by atoms with Crippen molar-refractivity contribution in [2.45, 2.75) is 71.1 Å². The van der Waals surface area contributed by atoms with Crippen LogP contribution in [-0.2, 0) is 17.6 Å². The first-order valence-corrected chi connectivity index (χ1v) is 11.4. The maximum absolute atomic E-state index is 12.8. The molecule has 1 aromatic carbocycles. The summed E-state index contributed by atoms with van der Waals surface area (Å²) in [7, 11) is 0. The second-order valence-electron chi connectivity index (χ2n) is 9.43. The quantitative estimate of drug-likeness (QED) is 0.630. The lowest BCUT2D eigenvalue weighted by Gasteiger charge is -2.34. The summed E-state index contributed by atoms with van der Waals surface area (Å²) in [5.74, 6) is 0.518. The summed E-state index contributed by atoms with van der Waals surface area (Å²) in [5.41, 5.74) is 6.06. The summed E-state index contributed by atoms with van der Waals surface area (Å²) < 4.78 is 0. The molecule has 0 fully saturated rings. The Morgan fingerprint density at radius 1 is 1.30 bits per heavy atom. The third-order valence-electron chi connectivity index (χ3n) is 6.01. The number of thioether (sulfide) groups is 1. The second-order valence-corrected chi connectivity index (χ2v) is 10.8. The van der Waals surface area contributed by atoms with E-state index in [1.54, 1.807) is 0 Å². The highest BCUT2D eigenvalue weighted by Crippen LogP contribution is 2.38. The Bertz CT molecular complexity index is 1000. The zero-order chi connectivity index (χ0) is 22.1. The first-order valence-electron chi connectivity index (χ1n) is 10.6. The number of hydrogen-bond donors (Lipinski definition) is 1. The number of nitrogens with zero attached hydrogens (tertiary/aromatic N) is 2. The van der Waals surface area contributed by atoms with Crippen LogP contribution >= 0.6 is 11.8 Å². The molecule has 2 aromatic rings. The molecule has 1 amide bonds. The number of benzene rings is 1. The molecule has 5 heteroatoms. The van der Waals surface area contributed by atoms with E-state index in [9.17, 15) is 10.1 Å². The number of pyridine rings is 1. The van der Waals surface area contributed by atoms with Gasteiger partial charge in [0.1, 0.15) is 11.1 Å². The van der Waals surface area contributed by atoms with E-state index >= 15 is 0 Å². The summed E-state index contributed by atoms with van der Waals surface area (Å²) >= 11 is 1.37. The number of hydrogen-bond acceptors (Lipinski definition) is 4. The Morgan fingerprint density at radius 2 is 2.03 bits per heavy atom. The number of carbonyl (C=O) groups is 1. The fourth-order valence-electron chi connectivity index (χ4n) is 3.88. The molecule has 0 radical (unpaired) electrons. The van der Waals surface area contributed by atoms with Crippen molar-refractivity contribution in [3.8, 4) is 6.07 Å². The van der Waals surface area contributed by atoms with Crippen molar-refractivity contribution in [2.75, 3.05) is 5.32 Å². The molecule has 4 nitrogen and oxygen atoms in total. The largest absolute Gasteiger partial charge is 0.325 e. The SMILES string of the molecule is Cc1ccc(C)c(NC(=O)C(C)Sc2nc3c(cc2C#N)CC(C(C)(C)C)CC3)c1. The van der Waals surface area contributed by atoms with Crippen LogP contribution in [0.5, 0.6) is 0 Å². The van der Waals surface area contributed by atoms with Crippen molar-refractivity contribution in [3.05, 3.63) is 52.2 Å². The minimum Gasteiger partial charge on any atom is -0.325 e. The Hall–Kier alpha value is -2.32. The predicted molar refractivity (Wildman–Crippen MR) is 124 cm³/mol. The molecule has 3 rings (SSSR count). The number of anilines is 1. The van der Waals surface area contributed by atoms with E-state index in [-0.39, 0.29) is 16.6 Å². The summed E-state index contributed by atoms with van der Waals surface area (Å²) in [6, 6.07) is 10.3. The molecular weight excluding hydrogens is 390 g/mol. The molecule has 158 valence electrons. The van der Waals surface area contributed by atoms with Gasteiger partial charge in [0.25, 0.3) is 0 Å². The van der Waals surface area contributed by atoms with Crippen molar-refractivity contribution in [2.24, 2.45) is 11.3 Å². The van der Waals surface area contributed by atoms with Crippen molar-refractivity contribution in [1.29, 1.82) is 5.26 Å². The Labute approximate surface area is 184 Å². The number of amides is 1. The monoisotopic (exact) mass is 421 g/mol. The first-order chi connectivity index (χ1) is 14.1. The smallest absolute Gasteiger partial charge is 0.237 e. The second kappa shape index (κ2) is 8.81. The van der Waals surface area contributed by atoms with Gasteiger partial charge in [-0.1, -0.05) is 44.7 Å². The van der Waals surface area contributed by atoms with E-state index in [1.807, 2.05) is 45.0 Å². The minimum absolute atomic E-state index is 0.0788. The Balaban J connectivity index is 1.77. The number of aromatic nitrogens is 1. The van der Waals surface area contributed by atoms with Crippen LogP contribution in [0.15, 0.2) is 29.3 Å². The van der Waals surface area contributed by atoms with Gasteiger partial charge in [-0.05, 0) is 80.2 Å². The predicted octanol–water partition coefficient (Wildman–Crippen LogP) is 5.84. The highest BCUT2D eigenvalue weighted by molar-refractivity contribution is 8.00. The van der Waals surface area contributed by atoms with E-state index in [0.29, 0.717) is 16.5 Å². The Morgan fingerprint density at radius 3 is 2.70 bits per heavy atom. The van der Waals surface area contributed by atoms with Gasteiger partial charge >= 0.3 is 0 Å². The first kappa shape index (κ1) is 22.4. The van der Waals surface area contributed by atoms with Crippen molar-refractivity contribution < 1.29 is 4.79 Å². The van der Waals surface area contributed by atoms with Crippen LogP contribution in [-0.4, -0.2) is 16.1 Å². The van der Waals surface area contributed by atoms with Gasteiger partial charge in [-0.3, -0.25) is 4.79 Å². The lowest BCUT2D eigenvalue weighted by Crippen LogP contribution is -2.28. The molecule has 0 saturated carbocycles. The maximum Gasteiger partial charge on any atom is 0.237 e. The summed E-state index contributed by atoms with van der Waals surface area (Å²) in [6.07, 6.45) is 3.01. The summed E-state index contributed by atoms with van der Waals surface area (Å²) in [4.78, 5) is 17.6. The molecule has 1 aromatic heterocycles. The van der Waals surface area contributed by atoms with E-state index < -0.39 is 0 Å². The van der Waals surface area contributed by atoms with E-state index in [0.717, 1.165) is 41.8 Å². The molecule has 2 atom stereocenters. The molecule has 0 saturated heterocycles. The number of nitriles is 1. The van der Waals surface area contributed by atoms with Gasteiger partial charge in [-0.2, -0.15) is 5.26 Å². The van der Waals surface area contributed by atoms with Crippen molar-refractivity contribution in [1.82, 2.24) is 4.98 Å². The molecule has 0 aliphatic heterocycles. The number of aryl methyl sites for hydroxylation is 3. The number of fused-ring (bicyclic) bond motifs is 1. The standard InChI is InChI=1S/C25H31N3OS/c1-15-7-8-16(2)22(11-15)27-23(29)17(3)30-24-19(14-26)12-18-13-20(25(4,5)6)9-10-21(18)28-24/h7-8,11-12,17,20H,9-10,13H2,1-6H3,(H,27,29). The fourth-order valence-corrected chi connectivity index (χ4v) is 4.78. The van der Waals surface area contributed by atoms with Crippen LogP contribution in [0.3, 0.4) is 0 Å². The topological polar surface area (TPSA) is 65.8 Å². The van der Waals surface area contributed by atoms with Gasteiger partial charge in [0.2, 0.25) is 5.91 Å². The molecule has 0 bridgehead atoms. The average Bonchev–Trinajstić information content (AvgIpc) is 2.69. The summed E-state index contributed by atoms with van der Waals surface area (Å²) in [5, 5.41) is 13.0. The van der Waals surface area contributed by atoms with E-state index in [1.165, 1.54) is 17.3 Å². The fraction of sp³-hybridized carbons (Fsp3) is 0.480. The van der Waals surface area contributed by atoms with Crippen LogP contribution in [0.4, 0.5) is 5.69 Å². The van der Waals surface area contributed by atoms with Gasteiger partial charge < -0.3 is 5.32 Å². The molecule has 1 N–H and O–H groups in total. The van der Waals surface area contributed by atoms with Crippen molar-refractivity contribution >= 4 is 23.4 Å². The van der Waals surface area contributed by atoms with Crippen LogP contribution < -0.4 is 5.32 Å². The zero-order valence-corrected chi connectivity index (χ0v) is 19.6. The van der Waals surface area contributed by atoms with Crippen LogP contribution in [0, 0.1) is 36.5 Å². The maximum atomic E-state index is 12.8. The lowest BCUT2D eigenvalue weighted by atomic mass is 9.71. The molecule has 30 heavy (non-hydrogen) atoms.